The van der Waals surface area contributed by atoms with Gasteiger partial charge in [-0.15, -0.1) is 0 Å². The third-order valence-corrected chi connectivity index (χ3v) is 3.51. The van der Waals surface area contributed by atoms with Crippen LogP contribution < -0.4 is 0 Å². The van der Waals surface area contributed by atoms with Crippen LogP contribution in [0.1, 0.15) is 26.3 Å². The Morgan fingerprint density at radius 2 is 1.62 bits per heavy atom. The molecule has 0 fully saturated rings. The summed E-state index contributed by atoms with van der Waals surface area (Å²) in [5.74, 6) is 0. The normalized spacial score (nSPS) is 14.2. The van der Waals surface area contributed by atoms with Gasteiger partial charge < -0.3 is 0 Å². The zero-order valence-electron chi connectivity index (χ0n) is 8.20. The molecule has 0 N–H and O–H groups in total. The van der Waals surface area contributed by atoms with Gasteiger partial charge in [-0.2, -0.15) is 0 Å². The van der Waals surface area contributed by atoms with Crippen molar-refractivity contribution in [1.82, 2.24) is 0 Å². The maximum atomic E-state index is 11.1. The quantitative estimate of drug-likeness (QED) is 0.657. The van der Waals surface area contributed by atoms with Gasteiger partial charge >= 0.3 is 0 Å². The van der Waals surface area contributed by atoms with E-state index in [0.29, 0.717) is 0 Å². The molecule has 2 atom stereocenters. The van der Waals surface area contributed by atoms with Crippen molar-refractivity contribution in [1.29, 1.82) is 0 Å². The first-order valence-electron chi connectivity index (χ1n) is 4.18. The molecule has 0 aliphatic carbocycles. The molecular formula is C10H15OPS. The lowest BCUT2D eigenvalue weighted by atomic mass is 9.87. The lowest BCUT2D eigenvalue weighted by Crippen LogP contribution is -2.10. The van der Waals surface area contributed by atoms with Crippen LogP contribution in [0.15, 0.2) is 29.2 Å². The fraction of sp³-hybridized carbons (Fsp3) is 0.400. The molecule has 1 rings (SSSR count). The maximum absolute atomic E-state index is 11.1. The highest BCUT2D eigenvalue weighted by molar-refractivity contribution is 8.33. The Balaban J connectivity index is 3.01. The van der Waals surface area contributed by atoms with Crippen LogP contribution in [0.25, 0.3) is 0 Å². The summed E-state index contributed by atoms with van der Waals surface area (Å²) in [5.41, 5.74) is 1.44. The molecular weight excluding hydrogens is 199 g/mol. The molecule has 0 bridgehead atoms. The fourth-order valence-corrected chi connectivity index (χ4v) is 1.96. The lowest BCUT2D eigenvalue weighted by molar-refractivity contribution is 0.589. The van der Waals surface area contributed by atoms with Gasteiger partial charge in [-0.1, -0.05) is 32.9 Å². The Hall–Kier alpha value is -0.200. The predicted octanol–water partition coefficient (Wildman–Crippen LogP) is 2.88. The van der Waals surface area contributed by atoms with Crippen LogP contribution in [-0.2, 0) is 15.8 Å². The topological polar surface area (TPSA) is 17.1 Å². The average molecular weight is 214 g/mol. The minimum atomic E-state index is -0.947. The molecule has 0 saturated heterocycles. The van der Waals surface area contributed by atoms with Gasteiger partial charge in [-0.3, -0.25) is 4.21 Å². The van der Waals surface area contributed by atoms with Crippen molar-refractivity contribution in [2.75, 3.05) is 0 Å². The van der Waals surface area contributed by atoms with Crippen LogP contribution in [-0.4, -0.2) is 4.21 Å². The Morgan fingerprint density at radius 3 is 1.92 bits per heavy atom. The van der Waals surface area contributed by atoms with E-state index in [1.807, 2.05) is 24.3 Å². The van der Waals surface area contributed by atoms with E-state index in [2.05, 4.69) is 29.2 Å². The van der Waals surface area contributed by atoms with Crippen LogP contribution in [0.4, 0.5) is 0 Å². The van der Waals surface area contributed by atoms with E-state index in [4.69, 9.17) is 0 Å². The first kappa shape index (κ1) is 10.9. The fourth-order valence-electron chi connectivity index (χ4n) is 1.09. The molecule has 0 aliphatic rings. The predicted molar refractivity (Wildman–Crippen MR) is 61.3 cm³/mol. The molecule has 0 aromatic heterocycles. The molecule has 1 aromatic carbocycles. The van der Waals surface area contributed by atoms with Gasteiger partial charge in [0.25, 0.3) is 0 Å². The molecule has 1 aromatic rings. The van der Waals surface area contributed by atoms with E-state index in [9.17, 15) is 4.21 Å². The smallest absolute Gasteiger partial charge is 0.0682 e. The van der Waals surface area contributed by atoms with Crippen molar-refractivity contribution in [2.45, 2.75) is 31.1 Å². The summed E-state index contributed by atoms with van der Waals surface area (Å²) in [4.78, 5) is 0.859. The molecule has 0 amide bonds. The van der Waals surface area contributed by atoms with Crippen molar-refractivity contribution in [3.8, 4) is 0 Å². The number of benzene rings is 1. The summed E-state index contributed by atoms with van der Waals surface area (Å²) >= 11 is 0. The van der Waals surface area contributed by atoms with E-state index < -0.39 is 10.4 Å². The summed E-state index contributed by atoms with van der Waals surface area (Å²) in [7, 11) is 1.34. The molecule has 72 valence electrons. The summed E-state index contributed by atoms with van der Waals surface area (Å²) < 4.78 is 11.1. The van der Waals surface area contributed by atoms with Crippen LogP contribution in [0.5, 0.6) is 0 Å². The third-order valence-electron chi connectivity index (χ3n) is 1.95. The van der Waals surface area contributed by atoms with Gasteiger partial charge in [0.05, 0.1) is 10.4 Å². The molecule has 0 spiro atoms. The molecule has 0 heterocycles. The lowest BCUT2D eigenvalue weighted by Gasteiger charge is -2.18. The summed E-state index contributed by atoms with van der Waals surface area (Å²) in [5, 5.41) is 0. The van der Waals surface area contributed by atoms with Gasteiger partial charge in [0, 0.05) is 4.90 Å². The Morgan fingerprint density at radius 1 is 1.15 bits per heavy atom. The standard InChI is InChI=1S/C10H15OPS/c1-10(2,3)8-4-6-9(7-5-8)13(11)12/h4-7H,12H2,1-3H3. The summed E-state index contributed by atoms with van der Waals surface area (Å²) in [6.07, 6.45) is 0. The van der Waals surface area contributed by atoms with Gasteiger partial charge in [-0.05, 0) is 31.6 Å². The van der Waals surface area contributed by atoms with Crippen molar-refractivity contribution >= 4 is 18.9 Å². The van der Waals surface area contributed by atoms with Gasteiger partial charge in [-0.25, -0.2) is 0 Å². The number of hydrogen-bond acceptors (Lipinski definition) is 1. The Bertz CT molecular complexity index is 311. The minimum absolute atomic E-state index is 0.168. The highest BCUT2D eigenvalue weighted by Gasteiger charge is 2.12. The second kappa shape index (κ2) is 3.89. The average Bonchev–Trinajstić information content (AvgIpc) is 2.03. The first-order valence-corrected chi connectivity index (χ1v) is 6.81. The largest absolute Gasteiger partial charge is 0.250 e. The highest BCUT2D eigenvalue weighted by atomic mass is 32.7. The molecule has 13 heavy (non-hydrogen) atoms. The second-order valence-electron chi connectivity index (χ2n) is 4.07. The molecule has 0 radical (unpaired) electrons. The van der Waals surface area contributed by atoms with Gasteiger partial charge in [0.2, 0.25) is 0 Å². The molecule has 0 saturated carbocycles. The van der Waals surface area contributed by atoms with E-state index in [1.165, 1.54) is 5.56 Å². The van der Waals surface area contributed by atoms with E-state index >= 15 is 0 Å². The molecule has 0 aliphatic heterocycles. The van der Waals surface area contributed by atoms with Crippen LogP contribution in [0.2, 0.25) is 0 Å². The van der Waals surface area contributed by atoms with Crippen LogP contribution in [0, 0.1) is 0 Å². The SMILES string of the molecule is CC(C)(C)c1ccc(S(=O)P)cc1. The van der Waals surface area contributed by atoms with E-state index in [-0.39, 0.29) is 5.41 Å². The van der Waals surface area contributed by atoms with E-state index in [0.717, 1.165) is 4.90 Å². The van der Waals surface area contributed by atoms with Crippen molar-refractivity contribution < 1.29 is 4.21 Å². The van der Waals surface area contributed by atoms with Crippen molar-refractivity contribution in [2.24, 2.45) is 0 Å². The van der Waals surface area contributed by atoms with Crippen molar-refractivity contribution in [3.63, 3.8) is 0 Å². The summed E-state index contributed by atoms with van der Waals surface area (Å²) in [6, 6.07) is 7.92. The highest BCUT2D eigenvalue weighted by Crippen LogP contribution is 2.23. The molecule has 1 nitrogen and oxygen atoms in total. The Kier molecular flexibility index (Phi) is 3.26. The molecule has 3 heteroatoms. The first-order chi connectivity index (χ1) is 5.91. The zero-order valence-corrected chi connectivity index (χ0v) is 10.2. The molecule has 2 unspecified atom stereocenters. The van der Waals surface area contributed by atoms with Crippen molar-refractivity contribution in [3.05, 3.63) is 29.8 Å². The van der Waals surface area contributed by atoms with Crippen LogP contribution in [0.3, 0.4) is 0 Å². The minimum Gasteiger partial charge on any atom is -0.250 e. The maximum Gasteiger partial charge on any atom is 0.0682 e. The number of hydrogen-bond donors (Lipinski definition) is 0. The Labute approximate surface area is 84.3 Å². The monoisotopic (exact) mass is 214 g/mol. The van der Waals surface area contributed by atoms with E-state index in [1.54, 1.807) is 0 Å². The van der Waals surface area contributed by atoms with Crippen LogP contribution >= 0.6 is 8.44 Å². The summed E-state index contributed by atoms with van der Waals surface area (Å²) in [6.45, 7) is 6.50. The van der Waals surface area contributed by atoms with Gasteiger partial charge in [0.1, 0.15) is 0 Å². The third kappa shape index (κ3) is 2.89. The van der Waals surface area contributed by atoms with Gasteiger partial charge in [0.15, 0.2) is 0 Å². The zero-order chi connectivity index (χ0) is 10.1. The number of rotatable bonds is 1. The second-order valence-corrected chi connectivity index (χ2v) is 6.42.